The number of aromatic nitrogens is 3. The summed E-state index contributed by atoms with van der Waals surface area (Å²) in [5.41, 5.74) is 1.15. The van der Waals surface area contributed by atoms with Gasteiger partial charge in [-0.25, -0.2) is 18.7 Å². The molecular formula is C26H23F2N7O2S. The van der Waals surface area contributed by atoms with E-state index in [9.17, 15) is 19.2 Å². The van der Waals surface area contributed by atoms with Crippen molar-refractivity contribution in [2.45, 2.75) is 19.9 Å². The molecule has 2 aromatic carbocycles. The molecule has 0 aliphatic carbocycles. The second-order valence-corrected chi connectivity index (χ2v) is 10.0. The lowest BCUT2D eigenvalue weighted by atomic mass is 10.1. The second-order valence-electron chi connectivity index (χ2n) is 9.06. The van der Waals surface area contributed by atoms with Crippen LogP contribution in [0.2, 0.25) is 0 Å². The standard InChI is InChI=1S/C26H23F2N7O2S/c1-14(2)35-21-11-15(10-18(27)23(21)38-25(37)24(35)36)22-19(28)13-31-26(33-22)32-17-3-4-20(16(9-17)12-29)34-7-5-30-6-8-34/h3-4,9-11,13-14,30H,5-8H2,1-2H3,(H,31,32,33). The van der Waals surface area contributed by atoms with Crippen molar-refractivity contribution in [1.82, 2.24) is 19.9 Å². The molecule has 0 radical (unpaired) electrons. The number of anilines is 3. The van der Waals surface area contributed by atoms with Crippen LogP contribution in [0.4, 0.5) is 26.1 Å². The third-order valence-corrected chi connectivity index (χ3v) is 7.20. The fraction of sp³-hybridized carbons (Fsp3) is 0.269. The highest BCUT2D eigenvalue weighted by atomic mass is 32.1. The van der Waals surface area contributed by atoms with Crippen molar-refractivity contribution in [2.75, 3.05) is 36.4 Å². The van der Waals surface area contributed by atoms with E-state index in [1.165, 1.54) is 10.6 Å². The highest BCUT2D eigenvalue weighted by molar-refractivity contribution is 7.16. The number of hydrogen-bond donors (Lipinski definition) is 2. The SMILES string of the molecule is CC(C)n1c(=O)c(=O)sc2c(F)cc(-c3nc(Nc4ccc(N5CCNCC5)c(C#N)c4)ncc3F)cc21. The molecule has 194 valence electrons. The van der Waals surface area contributed by atoms with E-state index >= 15 is 4.39 Å². The minimum absolute atomic E-state index is 0.00784. The van der Waals surface area contributed by atoms with Crippen LogP contribution >= 0.6 is 11.3 Å². The zero-order valence-electron chi connectivity index (χ0n) is 20.6. The molecule has 38 heavy (non-hydrogen) atoms. The second kappa shape index (κ2) is 10.3. The highest BCUT2D eigenvalue weighted by Gasteiger charge is 2.19. The smallest absolute Gasteiger partial charge is 0.309 e. The lowest BCUT2D eigenvalue weighted by Crippen LogP contribution is -2.43. The van der Waals surface area contributed by atoms with Crippen LogP contribution in [0, 0.1) is 23.0 Å². The molecule has 2 N–H and O–H groups in total. The van der Waals surface area contributed by atoms with Gasteiger partial charge in [0.25, 0.3) is 4.74 Å². The van der Waals surface area contributed by atoms with E-state index in [1.807, 2.05) is 6.07 Å². The van der Waals surface area contributed by atoms with Crippen molar-refractivity contribution in [3.63, 3.8) is 0 Å². The lowest BCUT2D eigenvalue weighted by molar-refractivity contribution is 0.589. The number of nitriles is 1. The maximum absolute atomic E-state index is 15.1. The molecule has 0 atom stereocenters. The van der Waals surface area contributed by atoms with Crippen LogP contribution in [-0.4, -0.2) is 40.7 Å². The zero-order valence-corrected chi connectivity index (χ0v) is 21.4. The summed E-state index contributed by atoms with van der Waals surface area (Å²) in [5.74, 6) is -1.51. The van der Waals surface area contributed by atoms with E-state index < -0.39 is 28.0 Å². The van der Waals surface area contributed by atoms with Gasteiger partial charge in [0.05, 0.1) is 27.7 Å². The molecule has 12 heteroatoms. The molecule has 0 saturated carbocycles. The van der Waals surface area contributed by atoms with Crippen LogP contribution in [0.15, 0.2) is 46.1 Å². The van der Waals surface area contributed by atoms with Crippen molar-refractivity contribution < 1.29 is 8.78 Å². The summed E-state index contributed by atoms with van der Waals surface area (Å²) in [6, 6.07) is 9.61. The summed E-state index contributed by atoms with van der Waals surface area (Å²) in [6.07, 6.45) is 0.964. The molecule has 0 unspecified atom stereocenters. The first kappa shape index (κ1) is 25.4. The van der Waals surface area contributed by atoms with E-state index in [2.05, 4.69) is 31.6 Å². The van der Waals surface area contributed by atoms with Gasteiger partial charge in [-0.2, -0.15) is 5.26 Å². The van der Waals surface area contributed by atoms with Gasteiger partial charge in [-0.3, -0.25) is 9.59 Å². The number of benzene rings is 2. The first-order valence-electron chi connectivity index (χ1n) is 12.0. The molecule has 2 aromatic heterocycles. The van der Waals surface area contributed by atoms with E-state index in [0.29, 0.717) is 22.6 Å². The monoisotopic (exact) mass is 535 g/mol. The number of fused-ring (bicyclic) bond motifs is 1. The fourth-order valence-electron chi connectivity index (χ4n) is 4.50. The van der Waals surface area contributed by atoms with Crippen LogP contribution in [0.1, 0.15) is 25.5 Å². The van der Waals surface area contributed by atoms with Crippen molar-refractivity contribution >= 4 is 38.9 Å². The van der Waals surface area contributed by atoms with Crippen LogP contribution in [0.25, 0.3) is 21.5 Å². The predicted octanol–water partition coefficient (Wildman–Crippen LogP) is 3.76. The molecule has 1 aliphatic heterocycles. The number of nitrogens with zero attached hydrogens (tertiary/aromatic N) is 5. The van der Waals surface area contributed by atoms with E-state index in [4.69, 9.17) is 0 Å². The van der Waals surface area contributed by atoms with E-state index in [-0.39, 0.29) is 27.4 Å². The van der Waals surface area contributed by atoms with Gasteiger partial charge in [0.15, 0.2) is 5.82 Å². The Bertz CT molecular complexity index is 1710. The summed E-state index contributed by atoms with van der Waals surface area (Å²) < 4.78 is 30.4. The van der Waals surface area contributed by atoms with Crippen LogP contribution in [0.3, 0.4) is 0 Å². The lowest BCUT2D eigenvalue weighted by Gasteiger charge is -2.30. The van der Waals surface area contributed by atoms with Crippen molar-refractivity contribution in [1.29, 1.82) is 5.26 Å². The Hall–Kier alpha value is -4.21. The average molecular weight is 536 g/mol. The van der Waals surface area contributed by atoms with Gasteiger partial charge in [-0.15, -0.1) is 0 Å². The first-order valence-corrected chi connectivity index (χ1v) is 12.8. The molecule has 1 fully saturated rings. The quantitative estimate of drug-likeness (QED) is 0.371. The number of halogens is 2. The summed E-state index contributed by atoms with van der Waals surface area (Å²) in [6.45, 7) is 6.64. The van der Waals surface area contributed by atoms with Crippen molar-refractivity contribution in [3.05, 3.63) is 73.6 Å². The minimum Gasteiger partial charge on any atom is -0.368 e. The van der Waals surface area contributed by atoms with E-state index in [0.717, 1.165) is 44.1 Å². The molecular weight excluding hydrogens is 512 g/mol. The molecule has 5 rings (SSSR count). The zero-order chi connectivity index (χ0) is 27.0. The summed E-state index contributed by atoms with van der Waals surface area (Å²) >= 11 is 0.518. The molecule has 0 spiro atoms. The highest BCUT2D eigenvalue weighted by Crippen LogP contribution is 2.30. The normalized spacial score (nSPS) is 13.6. The molecule has 1 saturated heterocycles. The fourth-order valence-corrected chi connectivity index (χ4v) is 5.29. The van der Waals surface area contributed by atoms with Crippen molar-refractivity contribution in [3.8, 4) is 17.3 Å². The number of rotatable bonds is 5. The first-order chi connectivity index (χ1) is 18.3. The van der Waals surface area contributed by atoms with Gasteiger partial charge >= 0.3 is 5.56 Å². The number of piperazine rings is 1. The molecule has 0 bridgehead atoms. The van der Waals surface area contributed by atoms with Gasteiger partial charge in [-0.1, -0.05) is 11.3 Å². The van der Waals surface area contributed by atoms with Gasteiger partial charge in [0, 0.05) is 43.5 Å². The van der Waals surface area contributed by atoms with E-state index in [1.54, 1.807) is 26.0 Å². The van der Waals surface area contributed by atoms with Crippen LogP contribution in [-0.2, 0) is 0 Å². The Kier molecular flexibility index (Phi) is 6.88. The molecule has 3 heterocycles. The van der Waals surface area contributed by atoms with Crippen LogP contribution in [0.5, 0.6) is 0 Å². The molecule has 1 aliphatic rings. The Labute approximate surface area is 220 Å². The maximum Gasteiger partial charge on any atom is 0.309 e. The minimum atomic E-state index is -0.788. The summed E-state index contributed by atoms with van der Waals surface area (Å²) in [4.78, 5) is 35.0. The van der Waals surface area contributed by atoms with Gasteiger partial charge in [0.2, 0.25) is 5.95 Å². The van der Waals surface area contributed by atoms with Gasteiger partial charge < -0.3 is 20.1 Å². The average Bonchev–Trinajstić information content (AvgIpc) is 2.91. The Morgan fingerprint density at radius 3 is 2.61 bits per heavy atom. The Morgan fingerprint density at radius 1 is 1.13 bits per heavy atom. The molecule has 0 amide bonds. The largest absolute Gasteiger partial charge is 0.368 e. The van der Waals surface area contributed by atoms with Gasteiger partial charge in [-0.05, 0) is 44.2 Å². The number of hydrogen-bond acceptors (Lipinski definition) is 9. The Balaban J connectivity index is 1.53. The Morgan fingerprint density at radius 2 is 1.89 bits per heavy atom. The van der Waals surface area contributed by atoms with Crippen LogP contribution < -0.4 is 25.8 Å². The predicted molar refractivity (Wildman–Crippen MR) is 143 cm³/mol. The third-order valence-electron chi connectivity index (χ3n) is 6.24. The molecule has 4 aromatic rings. The number of nitrogens with one attached hydrogen (secondary N) is 2. The van der Waals surface area contributed by atoms with Gasteiger partial charge in [0.1, 0.15) is 17.6 Å². The topological polar surface area (TPSA) is 116 Å². The maximum atomic E-state index is 15.1. The summed E-state index contributed by atoms with van der Waals surface area (Å²) in [5, 5.41) is 16.0. The van der Waals surface area contributed by atoms with Crippen molar-refractivity contribution in [2.24, 2.45) is 0 Å². The molecule has 9 nitrogen and oxygen atoms in total. The third kappa shape index (κ3) is 4.73. The summed E-state index contributed by atoms with van der Waals surface area (Å²) in [7, 11) is 0.